The summed E-state index contributed by atoms with van der Waals surface area (Å²) in [4.78, 5) is 23.9. The van der Waals surface area contributed by atoms with Crippen molar-refractivity contribution >= 4 is 11.9 Å². The summed E-state index contributed by atoms with van der Waals surface area (Å²) >= 11 is 0. The van der Waals surface area contributed by atoms with Gasteiger partial charge in [-0.15, -0.1) is 0 Å². The van der Waals surface area contributed by atoms with E-state index in [1.807, 2.05) is 36.4 Å². The Hall–Kier alpha value is -2.86. The van der Waals surface area contributed by atoms with Gasteiger partial charge in [-0.05, 0) is 38.0 Å². The van der Waals surface area contributed by atoms with Gasteiger partial charge in [-0.2, -0.15) is 0 Å². The molecule has 144 valence electrons. The van der Waals surface area contributed by atoms with Crippen LogP contribution in [0.3, 0.4) is 0 Å². The number of carbonyl (C=O) groups excluding carboxylic acids is 1. The highest BCUT2D eigenvalue weighted by Crippen LogP contribution is 2.31. The average molecular weight is 371 g/mol. The first-order valence-corrected chi connectivity index (χ1v) is 8.58. The first-order valence-electron chi connectivity index (χ1n) is 8.58. The molecule has 2 rings (SSSR count). The van der Waals surface area contributed by atoms with Crippen molar-refractivity contribution in [2.75, 3.05) is 7.11 Å². The van der Waals surface area contributed by atoms with Crippen molar-refractivity contribution in [1.82, 2.24) is 0 Å². The lowest BCUT2D eigenvalue weighted by atomic mass is 9.92. The smallest absolute Gasteiger partial charge is 0.322 e. The summed E-state index contributed by atoms with van der Waals surface area (Å²) in [5.74, 6) is -2.92. The van der Waals surface area contributed by atoms with Crippen LogP contribution in [0.2, 0.25) is 0 Å². The minimum atomic E-state index is -1.48. The van der Waals surface area contributed by atoms with E-state index in [0.717, 1.165) is 16.9 Å². The molecule has 2 atom stereocenters. The third-order valence-corrected chi connectivity index (χ3v) is 4.00. The van der Waals surface area contributed by atoms with Gasteiger partial charge in [0, 0.05) is 5.56 Å². The summed E-state index contributed by atoms with van der Waals surface area (Å²) in [5, 5.41) is 9.48. The molecule has 0 fully saturated rings. The second kappa shape index (κ2) is 8.22. The Morgan fingerprint density at radius 3 is 2.15 bits per heavy atom. The highest BCUT2D eigenvalue weighted by atomic mass is 16.6. The summed E-state index contributed by atoms with van der Waals surface area (Å²) < 4.78 is 10.6. The Morgan fingerprint density at radius 2 is 1.63 bits per heavy atom. The predicted molar refractivity (Wildman–Crippen MR) is 102 cm³/mol. The molecule has 0 bridgehead atoms. The molecule has 0 aliphatic heterocycles. The molecule has 0 radical (unpaired) electrons. The number of carboxylic acid groups (broad SMARTS) is 1. The number of methoxy groups -OCH3 is 1. The lowest BCUT2D eigenvalue weighted by Crippen LogP contribution is -2.39. The molecule has 27 heavy (non-hydrogen) atoms. The number of para-hydroxylation sites is 1. The maximum absolute atomic E-state index is 12.3. The van der Waals surface area contributed by atoms with Crippen LogP contribution >= 0.6 is 0 Å². The maximum Gasteiger partial charge on any atom is 0.322 e. The summed E-state index contributed by atoms with van der Waals surface area (Å²) in [6, 6.07) is 13.6. The molecule has 3 N–H and O–H groups in total. The Kier molecular flexibility index (Phi) is 6.23. The number of nitrogens with two attached hydrogens (primary N) is 1. The quantitative estimate of drug-likeness (QED) is 0.596. The molecule has 0 aliphatic carbocycles. The zero-order valence-corrected chi connectivity index (χ0v) is 15.9. The standard InChI is InChI=1S/C21H25NO5/c1-21(2,3)27-20(25)17(19(23)24)18(22)14-11-9-13(10-12-14)15-7-5-6-8-16(15)26-4/h5-12,17-18H,22H2,1-4H3,(H,23,24). The van der Waals surface area contributed by atoms with Crippen LogP contribution in [-0.4, -0.2) is 29.8 Å². The van der Waals surface area contributed by atoms with E-state index < -0.39 is 29.5 Å². The Bertz CT molecular complexity index is 808. The van der Waals surface area contributed by atoms with Crippen molar-refractivity contribution in [3.8, 4) is 16.9 Å². The average Bonchev–Trinajstić information content (AvgIpc) is 2.60. The van der Waals surface area contributed by atoms with E-state index in [4.69, 9.17) is 15.2 Å². The molecular formula is C21H25NO5. The molecule has 6 nitrogen and oxygen atoms in total. The largest absolute Gasteiger partial charge is 0.496 e. The van der Waals surface area contributed by atoms with Gasteiger partial charge in [-0.25, -0.2) is 0 Å². The van der Waals surface area contributed by atoms with E-state index >= 15 is 0 Å². The monoisotopic (exact) mass is 371 g/mol. The van der Waals surface area contributed by atoms with E-state index in [9.17, 15) is 14.7 Å². The predicted octanol–water partition coefficient (Wildman–Crippen LogP) is 3.40. The number of hydrogen-bond acceptors (Lipinski definition) is 5. The number of rotatable bonds is 6. The van der Waals surface area contributed by atoms with Crippen molar-refractivity contribution < 1.29 is 24.2 Å². The lowest BCUT2D eigenvalue weighted by Gasteiger charge is -2.25. The van der Waals surface area contributed by atoms with Gasteiger partial charge in [0.05, 0.1) is 13.2 Å². The fourth-order valence-electron chi connectivity index (χ4n) is 2.73. The third kappa shape index (κ3) is 5.08. The highest BCUT2D eigenvalue weighted by Gasteiger charge is 2.37. The van der Waals surface area contributed by atoms with Crippen LogP contribution in [-0.2, 0) is 14.3 Å². The van der Waals surface area contributed by atoms with Crippen LogP contribution < -0.4 is 10.5 Å². The van der Waals surface area contributed by atoms with Crippen LogP contribution in [0.4, 0.5) is 0 Å². The Labute approximate surface area is 158 Å². The first-order chi connectivity index (χ1) is 12.6. The van der Waals surface area contributed by atoms with Gasteiger partial charge < -0.3 is 20.3 Å². The van der Waals surface area contributed by atoms with Crippen molar-refractivity contribution in [3.63, 3.8) is 0 Å². The molecule has 0 aromatic heterocycles. The van der Waals surface area contributed by atoms with Gasteiger partial charge in [0.15, 0.2) is 5.92 Å². The van der Waals surface area contributed by atoms with Crippen LogP contribution in [0.15, 0.2) is 48.5 Å². The molecule has 2 aromatic carbocycles. The molecule has 6 heteroatoms. The number of carbonyl (C=O) groups is 2. The molecule has 2 unspecified atom stereocenters. The first kappa shape index (κ1) is 20.5. The fraction of sp³-hybridized carbons (Fsp3) is 0.333. The lowest BCUT2D eigenvalue weighted by molar-refractivity contribution is -0.167. The molecule has 2 aromatic rings. The molecular weight excluding hydrogens is 346 g/mol. The van der Waals surface area contributed by atoms with E-state index in [0.29, 0.717) is 5.56 Å². The van der Waals surface area contributed by atoms with Crippen LogP contribution in [0.25, 0.3) is 11.1 Å². The SMILES string of the molecule is COc1ccccc1-c1ccc(C(N)C(C(=O)O)C(=O)OC(C)(C)C)cc1. The summed E-state index contributed by atoms with van der Waals surface area (Å²) in [6.45, 7) is 5.03. The molecule has 0 saturated carbocycles. The van der Waals surface area contributed by atoms with Crippen molar-refractivity contribution in [3.05, 3.63) is 54.1 Å². The van der Waals surface area contributed by atoms with E-state index in [1.54, 1.807) is 40.0 Å². The van der Waals surface area contributed by atoms with Crippen molar-refractivity contribution in [2.45, 2.75) is 32.4 Å². The molecule has 0 spiro atoms. The molecule has 0 saturated heterocycles. The Morgan fingerprint density at radius 1 is 1.04 bits per heavy atom. The molecule has 0 amide bonds. The third-order valence-electron chi connectivity index (χ3n) is 4.00. The molecule has 0 heterocycles. The van der Waals surface area contributed by atoms with Gasteiger partial charge in [0.2, 0.25) is 0 Å². The summed E-state index contributed by atoms with van der Waals surface area (Å²) in [6.07, 6.45) is 0. The number of aliphatic carboxylic acids is 1. The second-order valence-corrected chi connectivity index (χ2v) is 7.20. The van der Waals surface area contributed by atoms with Gasteiger partial charge >= 0.3 is 11.9 Å². The molecule has 0 aliphatic rings. The normalized spacial score (nSPS) is 13.5. The zero-order valence-electron chi connectivity index (χ0n) is 15.9. The van der Waals surface area contributed by atoms with E-state index in [-0.39, 0.29) is 0 Å². The number of carboxylic acids is 1. The van der Waals surface area contributed by atoms with E-state index in [1.165, 1.54) is 0 Å². The minimum Gasteiger partial charge on any atom is -0.496 e. The van der Waals surface area contributed by atoms with Crippen LogP contribution in [0, 0.1) is 5.92 Å². The summed E-state index contributed by atoms with van der Waals surface area (Å²) in [7, 11) is 1.60. The van der Waals surface area contributed by atoms with Crippen molar-refractivity contribution in [1.29, 1.82) is 0 Å². The number of benzene rings is 2. The van der Waals surface area contributed by atoms with Gasteiger partial charge in [-0.1, -0.05) is 42.5 Å². The Balaban J connectivity index is 2.28. The van der Waals surface area contributed by atoms with Gasteiger partial charge in [-0.3, -0.25) is 9.59 Å². The second-order valence-electron chi connectivity index (χ2n) is 7.20. The highest BCUT2D eigenvalue weighted by molar-refractivity contribution is 5.95. The number of hydrogen-bond donors (Lipinski definition) is 2. The number of esters is 1. The van der Waals surface area contributed by atoms with Gasteiger partial charge in [0.1, 0.15) is 11.4 Å². The van der Waals surface area contributed by atoms with Crippen LogP contribution in [0.5, 0.6) is 5.75 Å². The fourth-order valence-corrected chi connectivity index (χ4v) is 2.73. The minimum absolute atomic E-state index is 0.534. The topological polar surface area (TPSA) is 98.9 Å². The van der Waals surface area contributed by atoms with Gasteiger partial charge in [0.25, 0.3) is 0 Å². The zero-order chi connectivity index (χ0) is 20.2. The summed E-state index contributed by atoms with van der Waals surface area (Å²) in [5.41, 5.74) is 7.64. The van der Waals surface area contributed by atoms with Crippen molar-refractivity contribution in [2.24, 2.45) is 11.7 Å². The number of ether oxygens (including phenoxy) is 2. The van der Waals surface area contributed by atoms with E-state index in [2.05, 4.69) is 0 Å². The maximum atomic E-state index is 12.3. The van der Waals surface area contributed by atoms with Crippen LogP contribution in [0.1, 0.15) is 32.4 Å².